The van der Waals surface area contributed by atoms with Crippen LogP contribution in [0, 0.1) is 0 Å². The van der Waals surface area contributed by atoms with Gasteiger partial charge < -0.3 is 0 Å². The first-order chi connectivity index (χ1) is 3.64. The molecule has 0 saturated carbocycles. The first kappa shape index (κ1) is 5.47. The minimum atomic E-state index is -2.51. The van der Waals surface area contributed by atoms with E-state index in [1.807, 2.05) is 0 Å². The van der Waals surface area contributed by atoms with Crippen LogP contribution in [0.4, 0.5) is 8.78 Å². The zero-order valence-electron chi connectivity index (χ0n) is 4.27. The number of alkyl halides is 2. The van der Waals surface area contributed by atoms with Gasteiger partial charge in [0.1, 0.15) is 13.1 Å². The largest absolute Gasteiger partial charge is 0.285 e. The van der Waals surface area contributed by atoms with Gasteiger partial charge in [-0.25, -0.2) is 8.78 Å². The molecule has 0 radical (unpaired) electrons. The van der Waals surface area contributed by atoms with Crippen molar-refractivity contribution in [1.29, 1.82) is 0 Å². The smallest absolute Gasteiger partial charge is 0.285 e. The lowest BCUT2D eigenvalue weighted by atomic mass is 10.2. The average Bonchev–Trinajstić information content (AvgIpc) is 1.60. The highest BCUT2D eigenvalue weighted by atomic mass is 19.3. The van der Waals surface area contributed by atoms with E-state index in [0.29, 0.717) is 0 Å². The molecule has 0 amide bonds. The molecular weight excluding hydrogens is 114 g/mol. The van der Waals surface area contributed by atoms with E-state index in [4.69, 9.17) is 0 Å². The Labute approximate surface area is 45.8 Å². The van der Waals surface area contributed by atoms with Gasteiger partial charge in [0.05, 0.1) is 0 Å². The van der Waals surface area contributed by atoms with E-state index >= 15 is 0 Å². The minimum absolute atomic E-state index is 0.267. The van der Waals surface area contributed by atoms with Crippen molar-refractivity contribution in [3.8, 4) is 0 Å². The summed E-state index contributed by atoms with van der Waals surface area (Å²) in [5.74, 6) is -2.51. The Balaban J connectivity index is 2.31. The monoisotopic (exact) mass is 120 g/mol. The van der Waals surface area contributed by atoms with Crippen molar-refractivity contribution in [3.63, 3.8) is 0 Å². The molecule has 0 unspecified atom stereocenters. The van der Waals surface area contributed by atoms with E-state index in [-0.39, 0.29) is 13.1 Å². The Morgan fingerprint density at radius 3 is 2.12 bits per heavy atom. The van der Waals surface area contributed by atoms with E-state index in [9.17, 15) is 8.78 Å². The van der Waals surface area contributed by atoms with Gasteiger partial charge in [-0.2, -0.15) is 5.10 Å². The number of rotatable bonds is 1. The summed E-state index contributed by atoms with van der Waals surface area (Å²) in [5, 5.41) is 4.51. The summed E-state index contributed by atoms with van der Waals surface area (Å²) in [6, 6.07) is 0. The molecule has 8 heavy (non-hydrogen) atoms. The summed E-state index contributed by atoms with van der Waals surface area (Å²) in [7, 11) is 0. The van der Waals surface area contributed by atoms with E-state index in [1.165, 1.54) is 5.01 Å². The topological polar surface area (TPSA) is 15.6 Å². The van der Waals surface area contributed by atoms with Crippen molar-refractivity contribution < 1.29 is 8.78 Å². The molecule has 1 aliphatic rings. The lowest BCUT2D eigenvalue weighted by molar-refractivity contribution is -0.129. The highest BCUT2D eigenvalue weighted by Gasteiger charge is 2.43. The van der Waals surface area contributed by atoms with Gasteiger partial charge in [0.15, 0.2) is 0 Å². The first-order valence-electron chi connectivity index (χ1n) is 2.23. The van der Waals surface area contributed by atoms with Crippen molar-refractivity contribution in [2.24, 2.45) is 5.10 Å². The van der Waals surface area contributed by atoms with Gasteiger partial charge in [0.2, 0.25) is 0 Å². The van der Waals surface area contributed by atoms with E-state index in [2.05, 4.69) is 11.8 Å². The van der Waals surface area contributed by atoms with Crippen molar-refractivity contribution >= 4 is 6.72 Å². The third kappa shape index (κ3) is 0.778. The Hall–Kier alpha value is -0.670. The Morgan fingerprint density at radius 2 is 2.00 bits per heavy atom. The summed E-state index contributed by atoms with van der Waals surface area (Å²) in [4.78, 5) is 0. The summed E-state index contributed by atoms with van der Waals surface area (Å²) in [6.07, 6.45) is 0. The van der Waals surface area contributed by atoms with E-state index < -0.39 is 5.92 Å². The van der Waals surface area contributed by atoms with Crippen molar-refractivity contribution in [1.82, 2.24) is 5.01 Å². The van der Waals surface area contributed by atoms with Gasteiger partial charge >= 0.3 is 0 Å². The van der Waals surface area contributed by atoms with Crippen LogP contribution < -0.4 is 0 Å². The lowest BCUT2D eigenvalue weighted by Crippen LogP contribution is -2.53. The fraction of sp³-hybridized carbons (Fsp3) is 0.750. The molecule has 0 aromatic heterocycles. The number of nitrogens with zero attached hydrogens (tertiary/aromatic N) is 2. The maximum Gasteiger partial charge on any atom is 0.285 e. The summed E-state index contributed by atoms with van der Waals surface area (Å²) < 4.78 is 23.7. The average molecular weight is 120 g/mol. The third-order valence-corrected chi connectivity index (χ3v) is 1.03. The molecule has 1 fully saturated rings. The number of hydrogen-bond acceptors (Lipinski definition) is 2. The third-order valence-electron chi connectivity index (χ3n) is 1.03. The molecule has 0 aliphatic carbocycles. The molecule has 0 spiro atoms. The first-order valence-corrected chi connectivity index (χ1v) is 2.23. The quantitative estimate of drug-likeness (QED) is 0.461. The van der Waals surface area contributed by atoms with E-state index in [1.54, 1.807) is 0 Å². The highest BCUT2D eigenvalue weighted by molar-refractivity contribution is 5.23. The van der Waals surface area contributed by atoms with Crippen LogP contribution in [0.25, 0.3) is 0 Å². The SMILES string of the molecule is C=NN1CC(F)(F)C1. The fourth-order valence-corrected chi connectivity index (χ4v) is 0.588. The predicted molar refractivity (Wildman–Crippen MR) is 26.1 cm³/mol. The molecule has 0 bridgehead atoms. The van der Waals surface area contributed by atoms with Crippen LogP contribution in [0.2, 0.25) is 0 Å². The van der Waals surface area contributed by atoms with E-state index in [0.717, 1.165) is 0 Å². The molecule has 1 saturated heterocycles. The fourth-order valence-electron chi connectivity index (χ4n) is 0.588. The zero-order chi connectivity index (χ0) is 6.20. The summed E-state index contributed by atoms with van der Waals surface area (Å²) >= 11 is 0. The molecule has 4 heteroatoms. The second-order valence-corrected chi connectivity index (χ2v) is 1.82. The van der Waals surface area contributed by atoms with Crippen molar-refractivity contribution in [3.05, 3.63) is 0 Å². The lowest BCUT2D eigenvalue weighted by Gasteiger charge is -2.35. The number of hydrazone groups is 1. The van der Waals surface area contributed by atoms with Crippen LogP contribution >= 0.6 is 0 Å². The van der Waals surface area contributed by atoms with Crippen LogP contribution in [0.5, 0.6) is 0 Å². The molecular formula is C4H6F2N2. The second kappa shape index (κ2) is 1.40. The van der Waals surface area contributed by atoms with Crippen molar-refractivity contribution in [2.75, 3.05) is 13.1 Å². The summed E-state index contributed by atoms with van der Waals surface area (Å²) in [5.41, 5.74) is 0. The van der Waals surface area contributed by atoms with Crippen molar-refractivity contribution in [2.45, 2.75) is 5.92 Å². The van der Waals surface area contributed by atoms with Crippen LogP contribution in [-0.4, -0.2) is 30.7 Å². The van der Waals surface area contributed by atoms with Crippen LogP contribution in [0.1, 0.15) is 0 Å². The summed E-state index contributed by atoms with van der Waals surface area (Å²) in [6.45, 7) is 2.56. The van der Waals surface area contributed by atoms with Crippen LogP contribution in [0.3, 0.4) is 0 Å². The Bertz CT molecular complexity index is 105. The van der Waals surface area contributed by atoms with Crippen LogP contribution in [-0.2, 0) is 0 Å². The number of hydrogen-bond donors (Lipinski definition) is 0. The van der Waals surface area contributed by atoms with Gasteiger partial charge in [0, 0.05) is 6.72 Å². The molecule has 0 atom stereocenters. The normalized spacial score (nSPS) is 24.5. The Morgan fingerprint density at radius 1 is 1.50 bits per heavy atom. The van der Waals surface area contributed by atoms with Gasteiger partial charge in [-0.15, -0.1) is 0 Å². The standard InChI is InChI=1S/C4H6F2N2/c1-7-8-2-4(5,6)3-8/h1-3H2. The van der Waals surface area contributed by atoms with Gasteiger partial charge in [-0.1, -0.05) is 0 Å². The minimum Gasteiger partial charge on any atom is -0.285 e. The highest BCUT2D eigenvalue weighted by Crippen LogP contribution is 2.25. The molecule has 0 aromatic rings. The molecule has 1 rings (SSSR count). The van der Waals surface area contributed by atoms with Gasteiger partial charge in [-0.3, -0.25) is 5.01 Å². The van der Waals surface area contributed by atoms with Gasteiger partial charge in [-0.05, 0) is 0 Å². The molecule has 46 valence electrons. The second-order valence-electron chi connectivity index (χ2n) is 1.82. The van der Waals surface area contributed by atoms with Gasteiger partial charge in [0.25, 0.3) is 5.92 Å². The van der Waals surface area contributed by atoms with Crippen LogP contribution in [0.15, 0.2) is 5.10 Å². The predicted octanol–water partition coefficient (Wildman–Crippen LogP) is 0.553. The maximum atomic E-state index is 11.8. The number of halogens is 2. The Kier molecular flexibility index (Phi) is 0.957. The molecule has 0 aromatic carbocycles. The molecule has 0 N–H and O–H groups in total. The molecule has 1 aliphatic heterocycles. The molecule has 1 heterocycles. The maximum absolute atomic E-state index is 11.8. The molecule has 2 nitrogen and oxygen atoms in total. The zero-order valence-corrected chi connectivity index (χ0v) is 4.27.